The fourth-order valence-corrected chi connectivity index (χ4v) is 4.03. The molecule has 1 aromatic carbocycles. The Bertz CT molecular complexity index is 615. The Morgan fingerprint density at radius 3 is 2.54 bits per heavy atom. The number of hydrogen-bond donors (Lipinski definition) is 2. The van der Waals surface area contributed by atoms with Crippen molar-refractivity contribution in [2.24, 2.45) is 0 Å². The third kappa shape index (κ3) is 6.60. The van der Waals surface area contributed by atoms with Gasteiger partial charge in [0, 0.05) is 32.2 Å². The maximum atomic E-state index is 12.1. The smallest absolute Gasteiger partial charge is 0.309 e. The fourth-order valence-electron chi connectivity index (χ4n) is 4.03. The van der Waals surface area contributed by atoms with Crippen LogP contribution in [-0.2, 0) is 14.3 Å². The van der Waals surface area contributed by atoms with E-state index < -0.39 is 11.8 Å². The average Bonchev–Trinajstić information content (AvgIpc) is 3.00. The van der Waals surface area contributed by atoms with Gasteiger partial charge in [-0.05, 0) is 24.8 Å². The first-order chi connectivity index (χ1) is 13.7. The summed E-state index contributed by atoms with van der Waals surface area (Å²) in [5, 5.41) is 5.66. The second kappa shape index (κ2) is 11.2. The highest BCUT2D eigenvalue weighted by atomic mass is 16.5. The summed E-state index contributed by atoms with van der Waals surface area (Å²) in [5.74, 6) is -0.990. The minimum absolute atomic E-state index is 0.106. The van der Waals surface area contributed by atoms with Crippen LogP contribution in [0.5, 0.6) is 0 Å². The van der Waals surface area contributed by atoms with E-state index in [2.05, 4.69) is 27.7 Å². The first kappa shape index (κ1) is 20.8. The molecular formula is C22H33N3O3. The number of carbonyl (C=O) groups excluding carboxylic acids is 2. The molecule has 0 unspecified atom stereocenters. The van der Waals surface area contributed by atoms with Crippen molar-refractivity contribution < 1.29 is 14.3 Å². The molecule has 2 fully saturated rings. The van der Waals surface area contributed by atoms with Crippen LogP contribution in [0.3, 0.4) is 0 Å². The Morgan fingerprint density at radius 2 is 1.79 bits per heavy atom. The second-order valence-corrected chi connectivity index (χ2v) is 7.84. The molecule has 6 heteroatoms. The van der Waals surface area contributed by atoms with Crippen LogP contribution in [0.15, 0.2) is 30.3 Å². The SMILES string of the molecule is O=C(NCCCN1CCO[C@@H](c2ccccc2)C1)C(=O)NC1CCCCCC1. The number of ether oxygens (including phenoxy) is 1. The van der Waals surface area contributed by atoms with Gasteiger partial charge in [0.25, 0.3) is 0 Å². The summed E-state index contributed by atoms with van der Waals surface area (Å²) in [6, 6.07) is 10.4. The zero-order chi connectivity index (χ0) is 19.6. The molecule has 1 aliphatic heterocycles. The van der Waals surface area contributed by atoms with Gasteiger partial charge >= 0.3 is 11.8 Å². The molecule has 1 saturated heterocycles. The van der Waals surface area contributed by atoms with Crippen LogP contribution in [0, 0.1) is 0 Å². The second-order valence-electron chi connectivity index (χ2n) is 7.84. The summed E-state index contributed by atoms with van der Waals surface area (Å²) in [5.41, 5.74) is 1.20. The summed E-state index contributed by atoms with van der Waals surface area (Å²) in [7, 11) is 0. The van der Waals surface area contributed by atoms with Gasteiger partial charge in [0.15, 0.2) is 0 Å². The van der Waals surface area contributed by atoms with E-state index in [9.17, 15) is 9.59 Å². The standard InChI is InChI=1S/C22H33N3O3/c26-21(22(27)24-19-11-6-1-2-7-12-19)23-13-8-14-25-15-16-28-20(17-25)18-9-4-3-5-10-18/h3-5,9-10,19-20H,1-2,6-8,11-17H2,(H,23,26)(H,24,27)/t20-/m1/s1. The third-order valence-electron chi connectivity index (χ3n) is 5.66. The maximum Gasteiger partial charge on any atom is 0.309 e. The van der Waals surface area contributed by atoms with E-state index in [0.29, 0.717) is 6.54 Å². The van der Waals surface area contributed by atoms with Gasteiger partial charge < -0.3 is 15.4 Å². The topological polar surface area (TPSA) is 70.7 Å². The molecule has 2 aliphatic rings. The first-order valence-electron chi connectivity index (χ1n) is 10.7. The fraction of sp³-hybridized carbons (Fsp3) is 0.636. The number of nitrogens with one attached hydrogen (secondary N) is 2. The lowest BCUT2D eigenvalue weighted by molar-refractivity contribution is -0.139. The van der Waals surface area contributed by atoms with Crippen molar-refractivity contribution >= 4 is 11.8 Å². The highest BCUT2D eigenvalue weighted by Crippen LogP contribution is 2.21. The molecule has 1 heterocycles. The monoisotopic (exact) mass is 387 g/mol. The molecule has 1 atom stereocenters. The summed E-state index contributed by atoms with van der Waals surface area (Å²) in [6.07, 6.45) is 7.62. The van der Waals surface area contributed by atoms with Crippen LogP contribution in [0.25, 0.3) is 0 Å². The predicted octanol–water partition coefficient (Wildman–Crippen LogP) is 2.41. The van der Waals surface area contributed by atoms with E-state index in [1.54, 1.807) is 0 Å². The summed E-state index contributed by atoms with van der Waals surface area (Å²) in [6.45, 7) is 3.89. The summed E-state index contributed by atoms with van der Waals surface area (Å²) >= 11 is 0. The average molecular weight is 388 g/mol. The van der Waals surface area contributed by atoms with Crippen LogP contribution >= 0.6 is 0 Å². The lowest BCUT2D eigenvalue weighted by atomic mass is 10.1. The van der Waals surface area contributed by atoms with Gasteiger partial charge in [0.2, 0.25) is 0 Å². The number of amides is 2. The number of carbonyl (C=O) groups is 2. The number of hydrogen-bond acceptors (Lipinski definition) is 4. The summed E-state index contributed by atoms with van der Waals surface area (Å²) in [4.78, 5) is 26.5. The summed E-state index contributed by atoms with van der Waals surface area (Å²) < 4.78 is 5.89. The van der Waals surface area contributed by atoms with Gasteiger partial charge in [0.1, 0.15) is 0 Å². The van der Waals surface area contributed by atoms with Crippen molar-refractivity contribution in [3.8, 4) is 0 Å². The van der Waals surface area contributed by atoms with Crippen molar-refractivity contribution in [2.45, 2.75) is 57.1 Å². The van der Waals surface area contributed by atoms with E-state index in [-0.39, 0.29) is 12.1 Å². The molecule has 154 valence electrons. The van der Waals surface area contributed by atoms with Gasteiger partial charge in [-0.15, -0.1) is 0 Å². The molecule has 0 radical (unpaired) electrons. The van der Waals surface area contributed by atoms with E-state index in [0.717, 1.165) is 58.3 Å². The molecule has 2 amide bonds. The molecule has 0 aromatic heterocycles. The molecule has 6 nitrogen and oxygen atoms in total. The van der Waals surface area contributed by atoms with Gasteiger partial charge in [-0.3, -0.25) is 14.5 Å². The molecule has 3 rings (SSSR count). The number of rotatable bonds is 6. The molecule has 1 aromatic rings. The highest BCUT2D eigenvalue weighted by Gasteiger charge is 2.22. The lowest BCUT2D eigenvalue weighted by Gasteiger charge is -2.33. The zero-order valence-electron chi connectivity index (χ0n) is 16.7. The minimum Gasteiger partial charge on any atom is -0.371 e. The molecule has 1 aliphatic carbocycles. The number of morpholine rings is 1. The molecule has 2 N–H and O–H groups in total. The molecule has 0 bridgehead atoms. The number of benzene rings is 1. The van der Waals surface area contributed by atoms with Gasteiger partial charge in [-0.2, -0.15) is 0 Å². The van der Waals surface area contributed by atoms with E-state index in [1.807, 2.05) is 18.2 Å². The lowest BCUT2D eigenvalue weighted by Crippen LogP contribution is -2.45. The van der Waals surface area contributed by atoms with Crippen LogP contribution in [0.1, 0.15) is 56.6 Å². The predicted molar refractivity (Wildman–Crippen MR) is 109 cm³/mol. The van der Waals surface area contributed by atoms with Crippen LogP contribution in [0.2, 0.25) is 0 Å². The zero-order valence-corrected chi connectivity index (χ0v) is 16.7. The Labute approximate surface area is 168 Å². The van der Waals surface area contributed by atoms with Gasteiger partial charge in [-0.1, -0.05) is 56.0 Å². The Hall–Kier alpha value is -1.92. The molecular weight excluding hydrogens is 354 g/mol. The van der Waals surface area contributed by atoms with Gasteiger partial charge in [0.05, 0.1) is 12.7 Å². The third-order valence-corrected chi connectivity index (χ3v) is 5.66. The Balaban J connectivity index is 1.32. The molecule has 28 heavy (non-hydrogen) atoms. The molecule has 0 spiro atoms. The Morgan fingerprint density at radius 1 is 1.04 bits per heavy atom. The largest absolute Gasteiger partial charge is 0.371 e. The first-order valence-corrected chi connectivity index (χ1v) is 10.7. The van der Waals surface area contributed by atoms with Crippen LogP contribution in [0.4, 0.5) is 0 Å². The molecule has 1 saturated carbocycles. The van der Waals surface area contributed by atoms with Crippen molar-refractivity contribution in [2.75, 3.05) is 32.8 Å². The van der Waals surface area contributed by atoms with Gasteiger partial charge in [-0.25, -0.2) is 0 Å². The Kier molecular flexibility index (Phi) is 8.30. The van der Waals surface area contributed by atoms with Crippen molar-refractivity contribution in [3.05, 3.63) is 35.9 Å². The quantitative estimate of drug-likeness (QED) is 0.447. The van der Waals surface area contributed by atoms with Crippen molar-refractivity contribution in [3.63, 3.8) is 0 Å². The number of nitrogens with zero attached hydrogens (tertiary/aromatic N) is 1. The van der Waals surface area contributed by atoms with Crippen LogP contribution in [-0.4, -0.2) is 55.5 Å². The normalized spacial score (nSPS) is 21.6. The van der Waals surface area contributed by atoms with Crippen molar-refractivity contribution in [1.29, 1.82) is 0 Å². The van der Waals surface area contributed by atoms with E-state index >= 15 is 0 Å². The van der Waals surface area contributed by atoms with Crippen molar-refractivity contribution in [1.82, 2.24) is 15.5 Å². The van der Waals surface area contributed by atoms with E-state index in [1.165, 1.54) is 18.4 Å². The highest BCUT2D eigenvalue weighted by molar-refractivity contribution is 6.35. The minimum atomic E-state index is -0.506. The van der Waals surface area contributed by atoms with Crippen LogP contribution < -0.4 is 10.6 Å². The van der Waals surface area contributed by atoms with E-state index in [4.69, 9.17) is 4.74 Å². The maximum absolute atomic E-state index is 12.1.